The van der Waals surface area contributed by atoms with Gasteiger partial charge < -0.3 is 5.32 Å². The minimum atomic E-state index is -3.71. The first-order valence-corrected chi connectivity index (χ1v) is 9.30. The van der Waals surface area contributed by atoms with Crippen LogP contribution in [0, 0.1) is 0 Å². The van der Waals surface area contributed by atoms with Crippen molar-refractivity contribution >= 4 is 42.7 Å². The molecule has 4 N–H and O–H groups in total. The van der Waals surface area contributed by atoms with Gasteiger partial charge in [0.2, 0.25) is 10.0 Å². The largest absolute Gasteiger partial charge is 0.334 e. The first-order chi connectivity index (χ1) is 11.4. The van der Waals surface area contributed by atoms with Gasteiger partial charge in [-0.1, -0.05) is 35.6 Å². The van der Waals surface area contributed by atoms with Gasteiger partial charge in [-0.3, -0.25) is 5.32 Å². The molecule has 0 bridgehead atoms. The normalized spacial score (nSPS) is 11.4. The van der Waals surface area contributed by atoms with Crippen LogP contribution in [0.5, 0.6) is 0 Å². The number of nitrogens with two attached hydrogens (primary N) is 1. The van der Waals surface area contributed by atoms with Gasteiger partial charge >= 0.3 is 6.03 Å². The monoisotopic (exact) mass is 362 g/mol. The molecular weight excluding hydrogens is 348 g/mol. The Morgan fingerprint density at radius 1 is 1.12 bits per heavy atom. The highest BCUT2D eigenvalue weighted by atomic mass is 32.2. The number of rotatable bonds is 4. The van der Waals surface area contributed by atoms with Gasteiger partial charge in [0.1, 0.15) is 0 Å². The quantitative estimate of drug-likeness (QED) is 0.660. The molecule has 1 heterocycles. The molecule has 0 spiro atoms. The first kappa shape index (κ1) is 16.4. The van der Waals surface area contributed by atoms with Crippen molar-refractivity contribution in [1.82, 2.24) is 10.3 Å². The summed E-state index contributed by atoms with van der Waals surface area (Å²) < 4.78 is 23.4. The summed E-state index contributed by atoms with van der Waals surface area (Å²) in [6.07, 6.45) is 0. The van der Waals surface area contributed by atoms with E-state index in [0.29, 0.717) is 5.13 Å². The Labute approximate surface area is 142 Å². The Morgan fingerprint density at radius 2 is 1.83 bits per heavy atom. The Kier molecular flexibility index (Phi) is 4.47. The Balaban J connectivity index is 1.59. The number of thiazole rings is 1. The number of carbonyl (C=O) groups excluding carboxylic acids is 1. The van der Waals surface area contributed by atoms with Crippen LogP contribution >= 0.6 is 11.3 Å². The van der Waals surface area contributed by atoms with Crippen LogP contribution in [-0.4, -0.2) is 19.4 Å². The van der Waals surface area contributed by atoms with Crippen LogP contribution in [0.2, 0.25) is 0 Å². The van der Waals surface area contributed by atoms with Gasteiger partial charge in [-0.05, 0) is 29.8 Å². The molecule has 0 saturated carbocycles. The van der Waals surface area contributed by atoms with Gasteiger partial charge in [-0.2, -0.15) is 0 Å². The number of urea groups is 1. The van der Waals surface area contributed by atoms with E-state index in [2.05, 4.69) is 15.6 Å². The highest BCUT2D eigenvalue weighted by molar-refractivity contribution is 7.89. The van der Waals surface area contributed by atoms with Crippen LogP contribution in [0.25, 0.3) is 10.2 Å². The average molecular weight is 362 g/mol. The van der Waals surface area contributed by atoms with Gasteiger partial charge in [0.15, 0.2) is 5.13 Å². The fourth-order valence-corrected chi connectivity index (χ4v) is 3.42. The van der Waals surface area contributed by atoms with Gasteiger partial charge in [0, 0.05) is 6.54 Å². The maximum atomic E-state index is 11.9. The number of hydrogen-bond acceptors (Lipinski definition) is 5. The predicted octanol–water partition coefficient (Wildman–Crippen LogP) is 2.27. The van der Waals surface area contributed by atoms with Crippen molar-refractivity contribution in [3.8, 4) is 0 Å². The molecule has 0 radical (unpaired) electrons. The van der Waals surface area contributed by atoms with Crippen molar-refractivity contribution in [2.75, 3.05) is 5.32 Å². The molecular formula is C15H14N4O3S2. The molecule has 0 atom stereocenters. The van der Waals surface area contributed by atoms with Crippen LogP contribution < -0.4 is 15.8 Å². The molecule has 7 nitrogen and oxygen atoms in total. The number of fused-ring (bicyclic) bond motifs is 1. The Morgan fingerprint density at radius 3 is 2.50 bits per heavy atom. The number of benzene rings is 2. The highest BCUT2D eigenvalue weighted by Crippen LogP contribution is 2.25. The number of nitrogens with zero attached hydrogens (tertiary/aromatic N) is 1. The molecule has 124 valence electrons. The number of sulfonamides is 1. The molecule has 3 rings (SSSR count). The van der Waals surface area contributed by atoms with E-state index in [1.54, 1.807) is 12.1 Å². The zero-order valence-corrected chi connectivity index (χ0v) is 14.0. The van der Waals surface area contributed by atoms with Gasteiger partial charge in [-0.15, -0.1) is 0 Å². The van der Waals surface area contributed by atoms with E-state index in [9.17, 15) is 13.2 Å². The number of nitrogens with one attached hydrogen (secondary N) is 2. The number of carbonyl (C=O) groups is 1. The lowest BCUT2D eigenvalue weighted by atomic mass is 10.2. The molecule has 0 fully saturated rings. The second-order valence-corrected chi connectivity index (χ2v) is 7.58. The summed E-state index contributed by atoms with van der Waals surface area (Å²) in [6.45, 7) is 0.252. The summed E-state index contributed by atoms with van der Waals surface area (Å²) in [4.78, 5) is 16.3. The van der Waals surface area contributed by atoms with Crippen LogP contribution in [0.15, 0.2) is 53.4 Å². The number of aromatic nitrogens is 1. The van der Waals surface area contributed by atoms with E-state index in [4.69, 9.17) is 5.14 Å². The molecule has 0 unspecified atom stereocenters. The number of hydrogen-bond donors (Lipinski definition) is 3. The van der Waals surface area contributed by atoms with Gasteiger partial charge in [0.25, 0.3) is 0 Å². The van der Waals surface area contributed by atoms with Crippen molar-refractivity contribution < 1.29 is 13.2 Å². The molecule has 0 saturated heterocycles. The summed E-state index contributed by atoms with van der Waals surface area (Å²) >= 11 is 1.39. The molecule has 0 aliphatic rings. The SMILES string of the molecule is NS(=O)(=O)c1ccc(CNC(=O)Nc2nc3ccccc3s2)cc1. The predicted molar refractivity (Wildman–Crippen MR) is 93.3 cm³/mol. The first-order valence-electron chi connectivity index (χ1n) is 6.94. The third-order valence-electron chi connectivity index (χ3n) is 3.22. The van der Waals surface area contributed by atoms with E-state index in [-0.39, 0.29) is 17.5 Å². The van der Waals surface area contributed by atoms with E-state index >= 15 is 0 Å². The van der Waals surface area contributed by atoms with E-state index in [0.717, 1.165) is 15.8 Å². The minimum absolute atomic E-state index is 0.0326. The number of para-hydroxylation sites is 1. The zero-order chi connectivity index (χ0) is 17.2. The fourth-order valence-electron chi connectivity index (χ4n) is 2.05. The number of primary sulfonamides is 1. The van der Waals surface area contributed by atoms with Crippen molar-refractivity contribution in [3.05, 3.63) is 54.1 Å². The van der Waals surface area contributed by atoms with E-state index in [1.807, 2.05) is 24.3 Å². The molecule has 9 heteroatoms. The van der Waals surface area contributed by atoms with Crippen LogP contribution in [0.3, 0.4) is 0 Å². The lowest BCUT2D eigenvalue weighted by Crippen LogP contribution is -2.28. The molecule has 3 aromatic rings. The summed E-state index contributed by atoms with van der Waals surface area (Å²) in [5.41, 5.74) is 1.58. The average Bonchev–Trinajstić information content (AvgIpc) is 2.94. The molecule has 2 aromatic carbocycles. The Hall–Kier alpha value is -2.49. The fraction of sp³-hybridized carbons (Fsp3) is 0.0667. The second kappa shape index (κ2) is 6.56. The van der Waals surface area contributed by atoms with Crippen LogP contribution in [0.4, 0.5) is 9.93 Å². The summed E-state index contributed by atoms with van der Waals surface area (Å²) in [5, 5.41) is 10.9. The third kappa shape index (κ3) is 3.88. The molecule has 0 aliphatic carbocycles. The summed E-state index contributed by atoms with van der Waals surface area (Å²) in [5.74, 6) is 0. The van der Waals surface area contributed by atoms with Gasteiger partial charge in [-0.25, -0.2) is 23.3 Å². The second-order valence-electron chi connectivity index (χ2n) is 4.98. The molecule has 2 amide bonds. The Bertz CT molecular complexity index is 948. The third-order valence-corrected chi connectivity index (χ3v) is 5.10. The summed E-state index contributed by atoms with van der Waals surface area (Å²) in [7, 11) is -3.71. The minimum Gasteiger partial charge on any atom is -0.334 e. The number of amides is 2. The summed E-state index contributed by atoms with van der Waals surface area (Å²) in [6, 6.07) is 13.2. The van der Waals surface area contributed by atoms with Crippen molar-refractivity contribution in [1.29, 1.82) is 0 Å². The topological polar surface area (TPSA) is 114 Å². The maximum Gasteiger partial charge on any atom is 0.321 e. The lowest BCUT2D eigenvalue weighted by molar-refractivity contribution is 0.251. The van der Waals surface area contributed by atoms with Crippen LogP contribution in [0.1, 0.15) is 5.56 Å². The van der Waals surface area contributed by atoms with E-state index in [1.165, 1.54) is 23.5 Å². The van der Waals surface area contributed by atoms with Crippen molar-refractivity contribution in [3.63, 3.8) is 0 Å². The smallest absolute Gasteiger partial charge is 0.321 e. The zero-order valence-electron chi connectivity index (χ0n) is 12.4. The standard InChI is InChI=1S/C15H14N4O3S2/c16-24(21,22)11-7-5-10(6-8-11)9-17-14(20)19-15-18-12-3-1-2-4-13(12)23-15/h1-8H,9H2,(H2,16,21,22)(H2,17,18,19,20). The van der Waals surface area contributed by atoms with Gasteiger partial charge in [0.05, 0.1) is 15.1 Å². The van der Waals surface area contributed by atoms with Crippen LogP contribution in [-0.2, 0) is 16.6 Å². The molecule has 0 aliphatic heterocycles. The number of anilines is 1. The molecule has 1 aromatic heterocycles. The maximum absolute atomic E-state index is 11.9. The molecule has 24 heavy (non-hydrogen) atoms. The van der Waals surface area contributed by atoms with E-state index < -0.39 is 10.0 Å². The van der Waals surface area contributed by atoms with Crippen molar-refractivity contribution in [2.45, 2.75) is 11.4 Å². The lowest BCUT2D eigenvalue weighted by Gasteiger charge is -2.06. The highest BCUT2D eigenvalue weighted by Gasteiger charge is 2.09. The van der Waals surface area contributed by atoms with Crippen molar-refractivity contribution in [2.24, 2.45) is 5.14 Å².